The van der Waals surface area contributed by atoms with Crippen LogP contribution < -0.4 is 11.5 Å². The number of ether oxygens (including phenoxy) is 1. The molecule has 0 unspecified atom stereocenters. The third-order valence-electron chi connectivity index (χ3n) is 13.5. The molecule has 0 spiro atoms. The third-order valence-corrected chi connectivity index (χ3v) is 13.5. The average Bonchev–Trinajstić information content (AvgIpc) is 3.36. The number of halogens is 3. The summed E-state index contributed by atoms with van der Waals surface area (Å²) in [6, 6.07) is 0. The van der Waals surface area contributed by atoms with Gasteiger partial charge in [0.05, 0.1) is 6.54 Å². The molecule has 8 atom stereocenters. The molecule has 4 rings (SSSR count). The van der Waals surface area contributed by atoms with Gasteiger partial charge < -0.3 is 16.2 Å². The Labute approximate surface area is 314 Å². The Morgan fingerprint density at radius 3 is 2.19 bits per heavy atom. The fourth-order valence-corrected chi connectivity index (χ4v) is 10.9. The number of allylic oxidation sites excluding steroid dienone is 1. The normalized spacial score (nSPS) is 31.4. The van der Waals surface area contributed by atoms with Crippen molar-refractivity contribution in [2.45, 2.75) is 156 Å². The largest absolute Gasteiger partial charge is 0.461 e. The molecule has 0 aromatic carbocycles. The molecular formula is C40H76Cl3N3O2. The number of carbonyl (C=O) groups is 1. The van der Waals surface area contributed by atoms with Gasteiger partial charge in [-0.15, -0.1) is 37.2 Å². The highest BCUT2D eigenvalue weighted by Crippen LogP contribution is 2.67. The van der Waals surface area contributed by atoms with Crippen LogP contribution >= 0.6 is 37.2 Å². The van der Waals surface area contributed by atoms with Gasteiger partial charge in [0.1, 0.15) is 6.10 Å². The molecule has 4 aliphatic carbocycles. The number of nitrogens with two attached hydrogens (primary N) is 2. The molecule has 0 aromatic rings. The zero-order valence-electron chi connectivity index (χ0n) is 31.5. The molecule has 3 saturated carbocycles. The number of carbonyl (C=O) groups excluding carboxylic acids is 1. The third kappa shape index (κ3) is 11.7. The lowest BCUT2D eigenvalue weighted by atomic mass is 9.47. The first-order valence-electron chi connectivity index (χ1n) is 19.6. The van der Waals surface area contributed by atoms with E-state index in [0.29, 0.717) is 23.9 Å². The summed E-state index contributed by atoms with van der Waals surface area (Å²) in [7, 11) is 0. The molecule has 4 aliphatic rings. The van der Waals surface area contributed by atoms with E-state index in [4.69, 9.17) is 16.2 Å². The van der Waals surface area contributed by atoms with Gasteiger partial charge in [0.25, 0.3) is 0 Å². The number of nitrogens with zero attached hydrogens (tertiary/aromatic N) is 1. The smallest absolute Gasteiger partial charge is 0.320 e. The summed E-state index contributed by atoms with van der Waals surface area (Å²) in [5.74, 6) is 5.12. The predicted molar refractivity (Wildman–Crippen MR) is 212 cm³/mol. The first kappa shape index (κ1) is 46.0. The Morgan fingerprint density at radius 1 is 0.833 bits per heavy atom. The second-order valence-electron chi connectivity index (χ2n) is 17.0. The van der Waals surface area contributed by atoms with Crippen molar-refractivity contribution in [2.24, 2.45) is 57.8 Å². The quantitative estimate of drug-likeness (QED) is 0.0784. The summed E-state index contributed by atoms with van der Waals surface area (Å²) >= 11 is 0. The van der Waals surface area contributed by atoms with Crippen LogP contribution in [0.25, 0.3) is 0 Å². The molecule has 0 aromatic heterocycles. The highest BCUT2D eigenvalue weighted by Gasteiger charge is 2.59. The van der Waals surface area contributed by atoms with Crippen molar-refractivity contribution < 1.29 is 9.53 Å². The molecular weight excluding hydrogens is 661 g/mol. The first-order chi connectivity index (χ1) is 21.6. The summed E-state index contributed by atoms with van der Waals surface area (Å²) in [6.45, 7) is 16.3. The monoisotopic (exact) mass is 736 g/mol. The maximum atomic E-state index is 13.2. The van der Waals surface area contributed by atoms with E-state index >= 15 is 0 Å². The van der Waals surface area contributed by atoms with Crippen molar-refractivity contribution in [1.29, 1.82) is 0 Å². The molecule has 284 valence electrons. The Kier molecular flexibility index (Phi) is 21.2. The van der Waals surface area contributed by atoms with Gasteiger partial charge in [-0.25, -0.2) is 0 Å². The van der Waals surface area contributed by atoms with Crippen LogP contribution in [0.4, 0.5) is 0 Å². The van der Waals surface area contributed by atoms with Crippen LogP contribution in [0.1, 0.15) is 150 Å². The van der Waals surface area contributed by atoms with Crippen LogP contribution in [-0.2, 0) is 9.53 Å². The molecule has 0 heterocycles. The second kappa shape index (κ2) is 22.1. The van der Waals surface area contributed by atoms with Crippen LogP contribution in [0.3, 0.4) is 0 Å². The summed E-state index contributed by atoms with van der Waals surface area (Å²) < 4.78 is 6.21. The van der Waals surface area contributed by atoms with Crippen molar-refractivity contribution in [1.82, 2.24) is 4.90 Å². The van der Waals surface area contributed by atoms with E-state index in [2.05, 4.69) is 45.6 Å². The predicted octanol–water partition coefficient (Wildman–Crippen LogP) is 10.2. The Hall–Kier alpha value is -0.0400. The first-order valence-corrected chi connectivity index (χ1v) is 19.6. The highest BCUT2D eigenvalue weighted by molar-refractivity contribution is 5.86. The summed E-state index contributed by atoms with van der Waals surface area (Å²) in [4.78, 5) is 15.5. The summed E-state index contributed by atoms with van der Waals surface area (Å²) in [5.41, 5.74) is 13.9. The number of unbranched alkanes of at least 4 members (excludes halogenated alkanes) is 5. The van der Waals surface area contributed by atoms with Crippen molar-refractivity contribution in [2.75, 3.05) is 32.7 Å². The van der Waals surface area contributed by atoms with Gasteiger partial charge in [-0.2, -0.15) is 0 Å². The molecule has 5 nitrogen and oxygen atoms in total. The van der Waals surface area contributed by atoms with Crippen molar-refractivity contribution >= 4 is 43.2 Å². The number of esters is 1. The van der Waals surface area contributed by atoms with E-state index in [-0.39, 0.29) is 49.3 Å². The highest BCUT2D eigenvalue weighted by atomic mass is 35.5. The fraction of sp³-hybridized carbons (Fsp3) is 0.925. The Morgan fingerprint density at radius 2 is 1.50 bits per heavy atom. The van der Waals surface area contributed by atoms with Gasteiger partial charge in [0, 0.05) is 6.42 Å². The van der Waals surface area contributed by atoms with Gasteiger partial charge in [-0.1, -0.05) is 91.2 Å². The second-order valence-corrected chi connectivity index (χ2v) is 17.0. The van der Waals surface area contributed by atoms with E-state index in [1.54, 1.807) is 5.57 Å². The number of rotatable bonds is 19. The number of fused-ring (bicyclic) bond motifs is 5. The van der Waals surface area contributed by atoms with Crippen LogP contribution in [0.15, 0.2) is 11.6 Å². The molecule has 0 amide bonds. The fourth-order valence-electron chi connectivity index (χ4n) is 10.9. The maximum Gasteiger partial charge on any atom is 0.320 e. The zero-order valence-corrected chi connectivity index (χ0v) is 34.0. The van der Waals surface area contributed by atoms with Gasteiger partial charge in [-0.3, -0.25) is 9.69 Å². The van der Waals surface area contributed by atoms with E-state index in [1.807, 2.05) is 0 Å². The van der Waals surface area contributed by atoms with Crippen LogP contribution in [0.2, 0.25) is 0 Å². The van der Waals surface area contributed by atoms with Crippen LogP contribution in [0, 0.1) is 46.3 Å². The minimum atomic E-state index is -0.0363. The van der Waals surface area contributed by atoms with Gasteiger partial charge in [0.2, 0.25) is 0 Å². The van der Waals surface area contributed by atoms with Crippen molar-refractivity contribution in [3.05, 3.63) is 11.6 Å². The Bertz CT molecular complexity index is 951. The van der Waals surface area contributed by atoms with E-state index < -0.39 is 0 Å². The molecule has 48 heavy (non-hydrogen) atoms. The van der Waals surface area contributed by atoms with Crippen molar-refractivity contribution in [3.8, 4) is 0 Å². The Balaban J connectivity index is 0.00000384. The van der Waals surface area contributed by atoms with Gasteiger partial charge >= 0.3 is 5.97 Å². The van der Waals surface area contributed by atoms with Gasteiger partial charge in [0.15, 0.2) is 0 Å². The molecule has 0 bridgehead atoms. The molecule has 0 radical (unpaired) electrons. The standard InChI is InChI=1S/C40H73N3O2.3ClH/c1-30(2)14-12-15-31(3)35-18-19-36-34-17-16-32-28-33(20-22-39(32,4)37(34)21-23-40(35,36)5)45-38(44)29-43(27-13-25-42)26-11-9-7-6-8-10-24-41;;;/h16,30-31,33-37H,6-15,17-29,41-42H2,1-5H3;3*1H/t31-,33+,34+,35-,36+,37+,39+,40-;;;/m1.../s1. The summed E-state index contributed by atoms with van der Waals surface area (Å²) in [6.07, 6.45) is 25.2. The lowest BCUT2D eigenvalue weighted by Gasteiger charge is -2.58. The molecule has 0 saturated heterocycles. The number of hydrogen-bond acceptors (Lipinski definition) is 5. The lowest BCUT2D eigenvalue weighted by Crippen LogP contribution is -2.51. The lowest BCUT2D eigenvalue weighted by molar-refractivity contribution is -0.152. The minimum Gasteiger partial charge on any atom is -0.461 e. The topological polar surface area (TPSA) is 81.6 Å². The summed E-state index contributed by atoms with van der Waals surface area (Å²) in [5, 5.41) is 0. The molecule has 8 heteroatoms. The zero-order chi connectivity index (χ0) is 32.5. The van der Waals surface area contributed by atoms with Gasteiger partial charge in [-0.05, 0) is 137 Å². The molecule has 0 aliphatic heterocycles. The van der Waals surface area contributed by atoms with E-state index in [0.717, 1.165) is 87.2 Å². The van der Waals surface area contributed by atoms with Crippen LogP contribution in [-0.4, -0.2) is 49.7 Å². The minimum absolute atomic E-state index is 0. The average molecular weight is 737 g/mol. The van der Waals surface area contributed by atoms with E-state index in [1.165, 1.54) is 83.5 Å². The molecule has 3 fully saturated rings. The SMILES string of the molecule is CC(C)CCC[C@@H](C)[C@H]1CC[C@H]2[C@@H]3CC=C4C[C@@H](OC(=O)CN(CCCN)CCCCCCCCN)CC[C@]4(C)[C@H]3CC[C@]12C.Cl.Cl.Cl. The number of hydrogen-bond donors (Lipinski definition) is 2. The van der Waals surface area contributed by atoms with Crippen molar-refractivity contribution in [3.63, 3.8) is 0 Å². The maximum absolute atomic E-state index is 13.2. The van der Waals surface area contributed by atoms with Crippen LogP contribution in [0.5, 0.6) is 0 Å². The van der Waals surface area contributed by atoms with E-state index in [9.17, 15) is 4.79 Å². The molecule has 4 N–H and O–H groups in total.